The quantitative estimate of drug-likeness (QED) is 0.573. The highest BCUT2D eigenvalue weighted by atomic mass is 16.5. The van der Waals surface area contributed by atoms with Gasteiger partial charge in [0, 0.05) is 5.56 Å². The Kier molecular flexibility index (Phi) is 5.94. The van der Waals surface area contributed by atoms with Crippen molar-refractivity contribution < 1.29 is 14.6 Å². The summed E-state index contributed by atoms with van der Waals surface area (Å²) in [7, 11) is 0. The average Bonchev–Trinajstić information content (AvgIpc) is 2.69. The van der Waals surface area contributed by atoms with E-state index in [2.05, 4.69) is 17.2 Å². The summed E-state index contributed by atoms with van der Waals surface area (Å²) in [4.78, 5) is 16.2. The second kappa shape index (κ2) is 8.57. The normalized spacial score (nSPS) is 10.5. The molecular formula is C23H24N2O3. The van der Waals surface area contributed by atoms with E-state index >= 15 is 0 Å². The molecule has 0 fully saturated rings. The standard InChI is InChI=1S/C23H24N2O3/c1-4-16-12-18(25-21-10-9-15(3)11-20(21)23(26)27)14-24-22(16)17-7-6-8-19(13-17)28-5-2/h6-14,25H,4-5H2,1-3H3,(H,26,27). The number of rotatable bonds is 7. The van der Waals surface area contributed by atoms with Gasteiger partial charge in [0.05, 0.1) is 35.4 Å². The minimum absolute atomic E-state index is 0.242. The molecule has 1 aromatic heterocycles. The summed E-state index contributed by atoms with van der Waals surface area (Å²) in [6, 6.07) is 15.2. The molecule has 0 saturated heterocycles. The van der Waals surface area contributed by atoms with Crippen LogP contribution >= 0.6 is 0 Å². The van der Waals surface area contributed by atoms with Crippen molar-refractivity contribution in [3.05, 3.63) is 71.4 Å². The van der Waals surface area contributed by atoms with Crippen molar-refractivity contribution in [3.8, 4) is 17.0 Å². The summed E-state index contributed by atoms with van der Waals surface area (Å²) in [5.41, 5.74) is 5.42. The fraction of sp³-hybridized carbons (Fsp3) is 0.217. The number of aryl methyl sites for hydroxylation is 2. The van der Waals surface area contributed by atoms with Gasteiger partial charge in [0.25, 0.3) is 0 Å². The van der Waals surface area contributed by atoms with E-state index in [1.54, 1.807) is 18.3 Å². The number of carboxylic acids is 1. The van der Waals surface area contributed by atoms with Crippen LogP contribution in [0.2, 0.25) is 0 Å². The second-order valence-electron chi connectivity index (χ2n) is 6.53. The third kappa shape index (κ3) is 4.31. The van der Waals surface area contributed by atoms with Crippen LogP contribution in [0.1, 0.15) is 35.3 Å². The number of nitrogens with zero attached hydrogens (tertiary/aromatic N) is 1. The van der Waals surface area contributed by atoms with Crippen molar-refractivity contribution in [3.63, 3.8) is 0 Å². The molecule has 0 radical (unpaired) electrons. The minimum Gasteiger partial charge on any atom is -0.494 e. The summed E-state index contributed by atoms with van der Waals surface area (Å²) >= 11 is 0. The van der Waals surface area contributed by atoms with Crippen LogP contribution in [-0.4, -0.2) is 22.7 Å². The van der Waals surface area contributed by atoms with Crippen LogP contribution in [-0.2, 0) is 6.42 Å². The van der Waals surface area contributed by atoms with Crippen LogP contribution in [0, 0.1) is 6.92 Å². The molecular weight excluding hydrogens is 352 g/mol. The molecule has 0 aliphatic carbocycles. The number of hydrogen-bond acceptors (Lipinski definition) is 4. The molecule has 0 spiro atoms. The molecule has 3 rings (SSSR count). The van der Waals surface area contributed by atoms with Gasteiger partial charge < -0.3 is 15.2 Å². The largest absolute Gasteiger partial charge is 0.494 e. The second-order valence-corrected chi connectivity index (χ2v) is 6.53. The maximum atomic E-state index is 11.5. The lowest BCUT2D eigenvalue weighted by molar-refractivity contribution is 0.0698. The summed E-state index contributed by atoms with van der Waals surface area (Å²) < 4.78 is 5.59. The topological polar surface area (TPSA) is 71.5 Å². The monoisotopic (exact) mass is 376 g/mol. The Morgan fingerprint density at radius 1 is 1.14 bits per heavy atom. The van der Waals surface area contributed by atoms with Gasteiger partial charge in [0.2, 0.25) is 0 Å². The average molecular weight is 376 g/mol. The number of anilines is 2. The Morgan fingerprint density at radius 3 is 2.68 bits per heavy atom. The zero-order valence-corrected chi connectivity index (χ0v) is 16.3. The molecule has 2 aromatic carbocycles. The van der Waals surface area contributed by atoms with Crippen LogP contribution in [0.25, 0.3) is 11.3 Å². The van der Waals surface area contributed by atoms with E-state index < -0.39 is 5.97 Å². The Bertz CT molecular complexity index is 999. The first-order valence-electron chi connectivity index (χ1n) is 9.35. The number of ether oxygens (including phenoxy) is 1. The smallest absolute Gasteiger partial charge is 0.337 e. The Balaban J connectivity index is 1.94. The molecule has 28 heavy (non-hydrogen) atoms. The third-order valence-electron chi connectivity index (χ3n) is 4.45. The van der Waals surface area contributed by atoms with Crippen molar-refractivity contribution in [2.24, 2.45) is 0 Å². The van der Waals surface area contributed by atoms with Gasteiger partial charge in [-0.05, 0) is 56.2 Å². The number of carbonyl (C=O) groups is 1. The number of pyridine rings is 1. The van der Waals surface area contributed by atoms with Gasteiger partial charge in [0.1, 0.15) is 5.75 Å². The van der Waals surface area contributed by atoms with E-state index in [0.29, 0.717) is 12.3 Å². The first-order valence-corrected chi connectivity index (χ1v) is 9.35. The minimum atomic E-state index is -0.959. The van der Waals surface area contributed by atoms with Gasteiger partial charge in [-0.15, -0.1) is 0 Å². The van der Waals surface area contributed by atoms with E-state index in [4.69, 9.17) is 4.74 Å². The van der Waals surface area contributed by atoms with E-state index in [1.165, 1.54) is 0 Å². The van der Waals surface area contributed by atoms with Crippen LogP contribution in [0.5, 0.6) is 5.75 Å². The molecule has 5 heteroatoms. The number of aromatic carboxylic acids is 1. The van der Waals surface area contributed by atoms with E-state index in [0.717, 1.165) is 40.2 Å². The van der Waals surface area contributed by atoms with Gasteiger partial charge >= 0.3 is 5.97 Å². The van der Waals surface area contributed by atoms with Crippen LogP contribution < -0.4 is 10.1 Å². The maximum Gasteiger partial charge on any atom is 0.337 e. The predicted octanol–water partition coefficient (Wildman–Crippen LogP) is 5.46. The Hall–Kier alpha value is -3.34. The van der Waals surface area contributed by atoms with E-state index in [-0.39, 0.29) is 5.56 Å². The lowest BCUT2D eigenvalue weighted by Gasteiger charge is -2.14. The molecule has 144 valence electrons. The third-order valence-corrected chi connectivity index (χ3v) is 4.45. The molecule has 0 bridgehead atoms. The molecule has 0 saturated carbocycles. The molecule has 0 atom stereocenters. The van der Waals surface area contributed by atoms with E-state index in [9.17, 15) is 9.90 Å². The summed E-state index contributed by atoms with van der Waals surface area (Å²) in [6.07, 6.45) is 2.53. The van der Waals surface area contributed by atoms with Crippen molar-refractivity contribution in [2.75, 3.05) is 11.9 Å². The van der Waals surface area contributed by atoms with Crippen molar-refractivity contribution in [2.45, 2.75) is 27.2 Å². The highest BCUT2D eigenvalue weighted by Gasteiger charge is 2.12. The van der Waals surface area contributed by atoms with Gasteiger partial charge in [0.15, 0.2) is 0 Å². The number of aromatic nitrogens is 1. The first kappa shape index (κ1) is 19.4. The predicted molar refractivity (Wildman–Crippen MR) is 112 cm³/mol. The molecule has 1 heterocycles. The van der Waals surface area contributed by atoms with Crippen molar-refractivity contribution in [1.82, 2.24) is 4.98 Å². The SMILES string of the molecule is CCOc1cccc(-c2ncc(Nc3ccc(C)cc3C(=O)O)cc2CC)c1. The van der Waals surface area contributed by atoms with Crippen LogP contribution in [0.15, 0.2) is 54.7 Å². The fourth-order valence-electron chi connectivity index (χ4n) is 3.11. The van der Waals surface area contributed by atoms with E-state index in [1.807, 2.05) is 50.2 Å². The molecule has 0 aliphatic rings. The molecule has 0 aliphatic heterocycles. The zero-order valence-electron chi connectivity index (χ0n) is 16.3. The molecule has 5 nitrogen and oxygen atoms in total. The number of nitrogens with one attached hydrogen (secondary N) is 1. The number of carboxylic acid groups (broad SMARTS) is 1. The lowest BCUT2D eigenvalue weighted by Crippen LogP contribution is -2.04. The highest BCUT2D eigenvalue weighted by molar-refractivity contribution is 5.95. The molecule has 0 amide bonds. The Labute approximate surface area is 165 Å². The lowest BCUT2D eigenvalue weighted by atomic mass is 10.0. The maximum absolute atomic E-state index is 11.5. The zero-order chi connectivity index (χ0) is 20.1. The van der Waals surface area contributed by atoms with Gasteiger partial charge in [-0.3, -0.25) is 4.98 Å². The highest BCUT2D eigenvalue weighted by Crippen LogP contribution is 2.29. The summed E-state index contributed by atoms with van der Waals surface area (Å²) in [6.45, 7) is 6.52. The molecule has 2 N–H and O–H groups in total. The number of hydrogen-bond donors (Lipinski definition) is 2. The first-order chi connectivity index (χ1) is 13.5. The van der Waals surface area contributed by atoms with Gasteiger partial charge in [-0.2, -0.15) is 0 Å². The molecule has 0 unspecified atom stereocenters. The van der Waals surface area contributed by atoms with Crippen molar-refractivity contribution in [1.29, 1.82) is 0 Å². The van der Waals surface area contributed by atoms with Crippen LogP contribution in [0.3, 0.4) is 0 Å². The van der Waals surface area contributed by atoms with Crippen LogP contribution in [0.4, 0.5) is 11.4 Å². The summed E-state index contributed by atoms with van der Waals surface area (Å²) in [5.74, 6) is -0.143. The van der Waals surface area contributed by atoms with Gasteiger partial charge in [-0.1, -0.05) is 30.7 Å². The molecule has 3 aromatic rings. The Morgan fingerprint density at radius 2 is 1.96 bits per heavy atom. The van der Waals surface area contributed by atoms with Gasteiger partial charge in [-0.25, -0.2) is 4.79 Å². The fourth-order valence-corrected chi connectivity index (χ4v) is 3.11. The number of benzene rings is 2. The summed E-state index contributed by atoms with van der Waals surface area (Å²) in [5, 5.41) is 12.7. The van der Waals surface area contributed by atoms with Crippen molar-refractivity contribution >= 4 is 17.3 Å².